The highest BCUT2D eigenvalue weighted by atomic mass is 32.1. The van der Waals surface area contributed by atoms with Crippen LogP contribution in [0.1, 0.15) is 15.4 Å². The number of aliphatic hydroxyl groups is 1. The van der Waals surface area contributed by atoms with Crippen molar-refractivity contribution in [1.29, 1.82) is 5.41 Å². The summed E-state index contributed by atoms with van der Waals surface area (Å²) in [6.07, 6.45) is 0. The number of thiazole rings is 1. The van der Waals surface area contributed by atoms with Gasteiger partial charge in [-0.3, -0.25) is 10.2 Å². The number of carbonyl (C=O) groups excluding carboxylic acids is 2. The van der Waals surface area contributed by atoms with Gasteiger partial charge < -0.3 is 24.8 Å². The lowest BCUT2D eigenvalue weighted by atomic mass is 10.2. The van der Waals surface area contributed by atoms with Crippen molar-refractivity contribution in [2.24, 2.45) is 0 Å². The summed E-state index contributed by atoms with van der Waals surface area (Å²) in [5, 5.41) is 22.5. The van der Waals surface area contributed by atoms with Crippen molar-refractivity contribution < 1.29 is 24.2 Å². The molecule has 186 valence electrons. The second kappa shape index (κ2) is 10.1. The molecule has 0 bridgehead atoms. The molecule has 9 nitrogen and oxygen atoms in total. The number of amides is 1. The van der Waals surface area contributed by atoms with Crippen LogP contribution in [0.25, 0.3) is 15.8 Å². The maximum atomic E-state index is 12.4. The topological polar surface area (TPSA) is 125 Å². The molecule has 4 aromatic rings. The van der Waals surface area contributed by atoms with Crippen molar-refractivity contribution >= 4 is 56.2 Å². The fourth-order valence-electron chi connectivity index (χ4n) is 3.89. The predicted molar refractivity (Wildman–Crippen MR) is 143 cm³/mol. The number of para-hydroxylation sites is 1. The minimum atomic E-state index is -0.653. The van der Waals surface area contributed by atoms with Crippen LogP contribution < -0.4 is 15.0 Å². The molecule has 1 aliphatic heterocycles. The number of carbonyl (C=O) groups is 2. The number of rotatable bonds is 7. The van der Waals surface area contributed by atoms with Crippen LogP contribution in [-0.4, -0.2) is 48.1 Å². The van der Waals surface area contributed by atoms with E-state index >= 15 is 0 Å². The maximum absolute atomic E-state index is 12.4. The fourth-order valence-corrected chi connectivity index (χ4v) is 4.93. The summed E-state index contributed by atoms with van der Waals surface area (Å²) in [7, 11) is 1.53. The quantitative estimate of drug-likeness (QED) is 0.301. The van der Waals surface area contributed by atoms with Gasteiger partial charge in [0.1, 0.15) is 22.4 Å². The van der Waals surface area contributed by atoms with Gasteiger partial charge in [-0.1, -0.05) is 18.2 Å². The summed E-state index contributed by atoms with van der Waals surface area (Å²) in [6, 6.07) is 20.9. The smallest absolute Gasteiger partial charge is 0.338 e. The van der Waals surface area contributed by atoms with Gasteiger partial charge in [0.05, 0.1) is 35.0 Å². The van der Waals surface area contributed by atoms with E-state index in [2.05, 4.69) is 10.3 Å². The minimum absolute atomic E-state index is 0.0644. The van der Waals surface area contributed by atoms with Gasteiger partial charge in [0.25, 0.3) is 5.91 Å². The summed E-state index contributed by atoms with van der Waals surface area (Å²) in [5.74, 6) is -0.347. The van der Waals surface area contributed by atoms with Crippen molar-refractivity contribution in [3.05, 3.63) is 89.1 Å². The Bertz CT molecular complexity index is 1510. The van der Waals surface area contributed by atoms with E-state index in [9.17, 15) is 14.7 Å². The lowest BCUT2D eigenvalue weighted by Gasteiger charge is -2.18. The Balaban J connectivity index is 1.21. The third-order valence-corrected chi connectivity index (χ3v) is 6.77. The summed E-state index contributed by atoms with van der Waals surface area (Å²) in [4.78, 5) is 30.8. The van der Waals surface area contributed by atoms with Gasteiger partial charge in [-0.05, 0) is 48.5 Å². The van der Waals surface area contributed by atoms with E-state index in [1.54, 1.807) is 53.4 Å². The van der Waals surface area contributed by atoms with Crippen LogP contribution in [-0.2, 0) is 9.53 Å². The number of nitrogens with zero attached hydrogens (tertiary/aromatic N) is 2. The fraction of sp³-hybridized carbons (Fsp3) is 0.111. The number of hydrogen-bond acceptors (Lipinski definition) is 8. The molecule has 1 amide bonds. The standard InChI is InChI=1S/C27H22N4O5S/c1-35-19-6-4-5-17(13-19)29-23(33)15-36-27(34)16-9-11-18(12-10-16)31-14-21(32)24(25(31)28)26-30-20-7-2-3-8-22(20)37-26/h2-13,28,32H,14-15H2,1H3,(H,29,33). The molecule has 1 aliphatic rings. The molecule has 0 saturated heterocycles. The number of amidine groups is 1. The van der Waals surface area contributed by atoms with E-state index < -0.39 is 18.5 Å². The number of benzene rings is 3. The zero-order valence-corrected chi connectivity index (χ0v) is 20.5. The first-order chi connectivity index (χ1) is 17.9. The molecule has 0 saturated carbocycles. The molecule has 2 heterocycles. The SMILES string of the molecule is COc1cccc(NC(=O)COC(=O)c2ccc(N3CC(O)=C(c4nc5ccccc5s4)C3=N)cc2)c1. The van der Waals surface area contributed by atoms with E-state index in [-0.39, 0.29) is 23.7 Å². The van der Waals surface area contributed by atoms with Gasteiger partial charge in [-0.15, -0.1) is 11.3 Å². The molecule has 3 aromatic carbocycles. The summed E-state index contributed by atoms with van der Waals surface area (Å²) < 4.78 is 11.2. The van der Waals surface area contributed by atoms with Crippen LogP contribution in [0, 0.1) is 5.41 Å². The Morgan fingerprint density at radius 3 is 2.65 bits per heavy atom. The molecule has 3 N–H and O–H groups in total. The zero-order valence-electron chi connectivity index (χ0n) is 19.7. The summed E-state index contributed by atoms with van der Waals surface area (Å²) in [6.45, 7) is -0.323. The highest BCUT2D eigenvalue weighted by Crippen LogP contribution is 2.35. The Labute approximate surface area is 216 Å². The second-order valence-corrected chi connectivity index (χ2v) is 9.18. The van der Waals surface area contributed by atoms with E-state index in [0.717, 1.165) is 10.2 Å². The summed E-state index contributed by atoms with van der Waals surface area (Å²) in [5.41, 5.74) is 2.62. The van der Waals surface area contributed by atoms with Crippen LogP contribution in [0.2, 0.25) is 0 Å². The van der Waals surface area contributed by atoms with Gasteiger partial charge in [0, 0.05) is 17.4 Å². The van der Waals surface area contributed by atoms with Crippen LogP contribution in [0.4, 0.5) is 11.4 Å². The van der Waals surface area contributed by atoms with E-state index in [0.29, 0.717) is 27.7 Å². The first kappa shape index (κ1) is 24.0. The van der Waals surface area contributed by atoms with Crippen molar-refractivity contribution in [3.63, 3.8) is 0 Å². The number of methoxy groups -OCH3 is 1. The van der Waals surface area contributed by atoms with Crippen molar-refractivity contribution in [2.75, 3.05) is 30.5 Å². The first-order valence-electron chi connectivity index (χ1n) is 11.3. The number of hydrogen-bond donors (Lipinski definition) is 3. The van der Waals surface area contributed by atoms with E-state index in [1.807, 2.05) is 24.3 Å². The number of aromatic nitrogens is 1. The van der Waals surface area contributed by atoms with Crippen LogP contribution in [0.15, 0.2) is 78.6 Å². The number of nitrogens with one attached hydrogen (secondary N) is 2. The molecule has 10 heteroatoms. The molecule has 37 heavy (non-hydrogen) atoms. The Kier molecular flexibility index (Phi) is 6.57. The molecule has 0 unspecified atom stereocenters. The molecular weight excluding hydrogens is 492 g/mol. The average molecular weight is 515 g/mol. The minimum Gasteiger partial charge on any atom is -0.510 e. The Morgan fingerprint density at radius 2 is 1.89 bits per heavy atom. The third kappa shape index (κ3) is 5.00. The number of anilines is 2. The van der Waals surface area contributed by atoms with Crippen LogP contribution in [0.5, 0.6) is 5.75 Å². The summed E-state index contributed by atoms with van der Waals surface area (Å²) >= 11 is 1.42. The van der Waals surface area contributed by atoms with E-state index in [1.165, 1.54) is 18.4 Å². The molecule has 0 spiro atoms. The average Bonchev–Trinajstić information content (AvgIpc) is 3.46. The van der Waals surface area contributed by atoms with Gasteiger partial charge in [0.15, 0.2) is 6.61 Å². The first-order valence-corrected chi connectivity index (χ1v) is 12.1. The number of aliphatic hydroxyl groups excluding tert-OH is 1. The van der Waals surface area contributed by atoms with Crippen molar-refractivity contribution in [1.82, 2.24) is 4.98 Å². The highest BCUT2D eigenvalue weighted by Gasteiger charge is 2.31. The van der Waals surface area contributed by atoms with Crippen molar-refractivity contribution in [3.8, 4) is 5.75 Å². The molecule has 0 aliphatic carbocycles. The monoisotopic (exact) mass is 514 g/mol. The molecule has 0 radical (unpaired) electrons. The largest absolute Gasteiger partial charge is 0.510 e. The molecule has 0 atom stereocenters. The molecule has 5 rings (SSSR count). The highest BCUT2D eigenvalue weighted by molar-refractivity contribution is 7.19. The predicted octanol–water partition coefficient (Wildman–Crippen LogP) is 4.87. The second-order valence-electron chi connectivity index (χ2n) is 8.15. The zero-order chi connectivity index (χ0) is 25.9. The lowest BCUT2D eigenvalue weighted by molar-refractivity contribution is -0.119. The van der Waals surface area contributed by atoms with Gasteiger partial charge in [0.2, 0.25) is 0 Å². The van der Waals surface area contributed by atoms with Crippen molar-refractivity contribution in [2.45, 2.75) is 0 Å². The van der Waals surface area contributed by atoms with Gasteiger partial charge >= 0.3 is 5.97 Å². The molecular formula is C27H22N4O5S. The number of fused-ring (bicyclic) bond motifs is 1. The maximum Gasteiger partial charge on any atom is 0.338 e. The molecule has 1 aromatic heterocycles. The number of esters is 1. The Morgan fingerprint density at radius 1 is 1.11 bits per heavy atom. The lowest BCUT2D eigenvalue weighted by Crippen LogP contribution is -2.26. The van der Waals surface area contributed by atoms with Crippen LogP contribution >= 0.6 is 11.3 Å². The van der Waals surface area contributed by atoms with Gasteiger partial charge in [-0.25, -0.2) is 9.78 Å². The third-order valence-electron chi connectivity index (χ3n) is 5.71. The van der Waals surface area contributed by atoms with Gasteiger partial charge in [-0.2, -0.15) is 0 Å². The number of ether oxygens (including phenoxy) is 2. The molecule has 0 fully saturated rings. The van der Waals surface area contributed by atoms with E-state index in [4.69, 9.17) is 14.9 Å². The Hall–Kier alpha value is -4.70. The normalized spacial score (nSPS) is 13.2. The van der Waals surface area contributed by atoms with Crippen LogP contribution in [0.3, 0.4) is 0 Å².